The standard InChI is InChI=1S/C12H18O3/c1-12(2)7-4-9(12)8(10(13)5-7)6-11(14)15-3/h6-7,9-10,13H,4-5H2,1-3H3/b8-6-/t7-,9+,10+/m1/s1. The molecule has 3 atom stereocenters. The fraction of sp³-hybridized carbons (Fsp3) is 0.750. The number of fused-ring (bicyclic) bond motifs is 2. The number of aliphatic hydroxyl groups is 1. The lowest BCUT2D eigenvalue weighted by atomic mass is 9.46. The van der Waals surface area contributed by atoms with Crippen molar-refractivity contribution >= 4 is 5.97 Å². The first kappa shape index (κ1) is 10.7. The molecule has 0 spiro atoms. The second-order valence-electron chi connectivity index (χ2n) is 5.23. The van der Waals surface area contributed by atoms with E-state index in [2.05, 4.69) is 18.6 Å². The molecule has 3 aliphatic carbocycles. The van der Waals surface area contributed by atoms with Gasteiger partial charge in [0.1, 0.15) is 0 Å². The number of carbonyl (C=O) groups excluding carboxylic acids is 1. The Bertz CT molecular complexity index is 317. The molecule has 1 N–H and O–H groups in total. The maximum atomic E-state index is 11.2. The van der Waals surface area contributed by atoms with E-state index in [1.165, 1.54) is 13.2 Å². The number of ether oxygens (including phenoxy) is 1. The van der Waals surface area contributed by atoms with Crippen LogP contribution in [-0.2, 0) is 9.53 Å². The van der Waals surface area contributed by atoms with Crippen LogP contribution >= 0.6 is 0 Å². The molecule has 3 heteroatoms. The largest absolute Gasteiger partial charge is 0.466 e. The molecule has 0 aliphatic heterocycles. The lowest BCUT2D eigenvalue weighted by Crippen LogP contribution is -2.53. The fourth-order valence-corrected chi connectivity index (χ4v) is 3.01. The summed E-state index contributed by atoms with van der Waals surface area (Å²) in [6, 6.07) is 0. The zero-order valence-corrected chi connectivity index (χ0v) is 9.49. The van der Waals surface area contributed by atoms with Crippen molar-refractivity contribution in [2.75, 3.05) is 7.11 Å². The van der Waals surface area contributed by atoms with Gasteiger partial charge < -0.3 is 9.84 Å². The van der Waals surface area contributed by atoms with Gasteiger partial charge in [0, 0.05) is 6.08 Å². The number of carbonyl (C=O) groups is 1. The molecule has 3 nitrogen and oxygen atoms in total. The molecule has 0 unspecified atom stereocenters. The summed E-state index contributed by atoms with van der Waals surface area (Å²) in [5.74, 6) is 0.600. The molecule has 2 bridgehead atoms. The average molecular weight is 210 g/mol. The van der Waals surface area contributed by atoms with Crippen molar-refractivity contribution in [2.45, 2.75) is 32.8 Å². The van der Waals surface area contributed by atoms with Crippen LogP contribution in [0.4, 0.5) is 0 Å². The van der Waals surface area contributed by atoms with Crippen LogP contribution in [0.25, 0.3) is 0 Å². The Balaban J connectivity index is 2.23. The Morgan fingerprint density at radius 2 is 2.20 bits per heavy atom. The van der Waals surface area contributed by atoms with E-state index in [0.29, 0.717) is 11.8 Å². The Morgan fingerprint density at radius 3 is 2.73 bits per heavy atom. The molecule has 3 rings (SSSR count). The van der Waals surface area contributed by atoms with Crippen LogP contribution in [0.1, 0.15) is 26.7 Å². The van der Waals surface area contributed by atoms with Crippen LogP contribution in [-0.4, -0.2) is 24.3 Å². The van der Waals surface area contributed by atoms with Crippen molar-refractivity contribution < 1.29 is 14.6 Å². The van der Waals surface area contributed by atoms with Crippen LogP contribution in [0.5, 0.6) is 0 Å². The Kier molecular flexibility index (Phi) is 2.38. The van der Waals surface area contributed by atoms with E-state index < -0.39 is 6.10 Å². The maximum absolute atomic E-state index is 11.2. The van der Waals surface area contributed by atoms with E-state index in [1.54, 1.807) is 0 Å². The van der Waals surface area contributed by atoms with E-state index in [0.717, 1.165) is 18.4 Å². The molecule has 84 valence electrons. The van der Waals surface area contributed by atoms with Crippen molar-refractivity contribution in [3.05, 3.63) is 11.6 Å². The summed E-state index contributed by atoms with van der Waals surface area (Å²) in [6.07, 6.45) is 2.92. The van der Waals surface area contributed by atoms with E-state index in [9.17, 15) is 9.90 Å². The number of aliphatic hydroxyl groups excluding tert-OH is 1. The van der Waals surface area contributed by atoms with E-state index in [4.69, 9.17) is 0 Å². The van der Waals surface area contributed by atoms with Crippen LogP contribution in [0.15, 0.2) is 11.6 Å². The first-order chi connectivity index (χ1) is 6.96. The molecule has 0 heterocycles. The highest BCUT2D eigenvalue weighted by atomic mass is 16.5. The molecule has 0 amide bonds. The van der Waals surface area contributed by atoms with E-state index >= 15 is 0 Å². The van der Waals surface area contributed by atoms with Crippen LogP contribution in [0.3, 0.4) is 0 Å². The van der Waals surface area contributed by atoms with Gasteiger partial charge in [-0.1, -0.05) is 13.8 Å². The fourth-order valence-electron chi connectivity index (χ4n) is 3.01. The minimum Gasteiger partial charge on any atom is -0.466 e. The molecule has 3 aliphatic rings. The number of hydrogen-bond acceptors (Lipinski definition) is 3. The van der Waals surface area contributed by atoms with Crippen LogP contribution in [0.2, 0.25) is 0 Å². The first-order valence-electron chi connectivity index (χ1n) is 5.44. The molecule has 0 saturated heterocycles. The number of esters is 1. The third kappa shape index (κ3) is 1.49. The smallest absolute Gasteiger partial charge is 0.330 e. The quantitative estimate of drug-likeness (QED) is 0.527. The molecular weight excluding hydrogens is 192 g/mol. The normalized spacial score (nSPS) is 39.7. The van der Waals surface area contributed by atoms with Crippen molar-refractivity contribution in [1.29, 1.82) is 0 Å². The number of methoxy groups -OCH3 is 1. The van der Waals surface area contributed by atoms with Gasteiger partial charge >= 0.3 is 5.97 Å². The predicted octanol–water partition coefficient (Wildman–Crippen LogP) is 1.51. The van der Waals surface area contributed by atoms with Gasteiger partial charge in [0.05, 0.1) is 13.2 Å². The third-order valence-corrected chi connectivity index (χ3v) is 4.25. The Labute approximate surface area is 90.1 Å². The van der Waals surface area contributed by atoms with Gasteiger partial charge in [0.25, 0.3) is 0 Å². The highest BCUT2D eigenvalue weighted by molar-refractivity contribution is 5.83. The molecule has 15 heavy (non-hydrogen) atoms. The maximum Gasteiger partial charge on any atom is 0.330 e. The molecule has 3 fully saturated rings. The predicted molar refractivity (Wildman–Crippen MR) is 56.1 cm³/mol. The first-order valence-corrected chi connectivity index (χ1v) is 5.44. The zero-order chi connectivity index (χ0) is 11.2. The topological polar surface area (TPSA) is 46.5 Å². The molecular formula is C12H18O3. The minimum atomic E-state index is -0.444. The van der Waals surface area contributed by atoms with Crippen molar-refractivity contribution in [3.8, 4) is 0 Å². The van der Waals surface area contributed by atoms with Crippen molar-refractivity contribution in [1.82, 2.24) is 0 Å². The lowest BCUT2D eigenvalue weighted by molar-refractivity contribution is -0.135. The Hall–Kier alpha value is -0.830. The van der Waals surface area contributed by atoms with Gasteiger partial charge in [0.2, 0.25) is 0 Å². The number of hydrogen-bond donors (Lipinski definition) is 1. The molecule has 0 aromatic heterocycles. The molecule has 0 aromatic carbocycles. The Morgan fingerprint density at radius 1 is 1.53 bits per heavy atom. The van der Waals surface area contributed by atoms with Gasteiger partial charge in [-0.15, -0.1) is 0 Å². The van der Waals surface area contributed by atoms with Gasteiger partial charge in [-0.2, -0.15) is 0 Å². The summed E-state index contributed by atoms with van der Waals surface area (Å²) in [5.41, 5.74) is 1.10. The average Bonchev–Trinajstić information content (AvgIpc) is 2.19. The lowest BCUT2D eigenvalue weighted by Gasteiger charge is -2.59. The van der Waals surface area contributed by atoms with Gasteiger partial charge in [0.15, 0.2) is 0 Å². The monoisotopic (exact) mass is 210 g/mol. The summed E-state index contributed by atoms with van der Waals surface area (Å²) in [5, 5.41) is 9.87. The molecule has 0 radical (unpaired) electrons. The second-order valence-corrected chi connectivity index (χ2v) is 5.23. The highest BCUT2D eigenvalue weighted by Crippen LogP contribution is 2.61. The van der Waals surface area contributed by atoms with Gasteiger partial charge in [-0.3, -0.25) is 0 Å². The van der Waals surface area contributed by atoms with E-state index in [-0.39, 0.29) is 11.4 Å². The SMILES string of the molecule is COC(=O)/C=C1\[C@@H](O)C[C@H]2C[C@@H]1C2(C)C. The summed E-state index contributed by atoms with van der Waals surface area (Å²) >= 11 is 0. The number of rotatable bonds is 1. The van der Waals surface area contributed by atoms with Crippen LogP contribution < -0.4 is 0 Å². The van der Waals surface area contributed by atoms with Crippen LogP contribution in [0, 0.1) is 17.3 Å². The van der Waals surface area contributed by atoms with Crippen molar-refractivity contribution in [3.63, 3.8) is 0 Å². The summed E-state index contributed by atoms with van der Waals surface area (Å²) in [6.45, 7) is 4.42. The van der Waals surface area contributed by atoms with E-state index in [1.807, 2.05) is 0 Å². The third-order valence-electron chi connectivity index (χ3n) is 4.25. The molecule has 0 aromatic rings. The zero-order valence-electron chi connectivity index (χ0n) is 9.49. The summed E-state index contributed by atoms with van der Waals surface area (Å²) in [7, 11) is 1.36. The highest BCUT2D eigenvalue weighted by Gasteiger charge is 2.55. The van der Waals surface area contributed by atoms with Gasteiger partial charge in [-0.05, 0) is 35.7 Å². The molecule has 3 saturated carbocycles. The summed E-state index contributed by atoms with van der Waals surface area (Å²) < 4.78 is 4.61. The summed E-state index contributed by atoms with van der Waals surface area (Å²) in [4.78, 5) is 11.2. The van der Waals surface area contributed by atoms with Gasteiger partial charge in [-0.25, -0.2) is 4.79 Å². The second kappa shape index (κ2) is 3.34. The minimum absolute atomic E-state index is 0.235. The van der Waals surface area contributed by atoms with Crippen molar-refractivity contribution in [2.24, 2.45) is 17.3 Å².